The maximum atomic E-state index is 6.20. The number of H-pyrrole nitrogens is 1. The van der Waals surface area contributed by atoms with Gasteiger partial charge in [0.15, 0.2) is 0 Å². The molecule has 3 nitrogen and oxygen atoms in total. The summed E-state index contributed by atoms with van der Waals surface area (Å²) in [6.07, 6.45) is 1.84. The minimum atomic E-state index is 0.105. The van der Waals surface area contributed by atoms with E-state index in [0.29, 0.717) is 0 Å². The van der Waals surface area contributed by atoms with E-state index in [4.69, 9.17) is 5.73 Å². The molecule has 0 spiro atoms. The first-order valence-corrected chi connectivity index (χ1v) is 6.63. The van der Waals surface area contributed by atoms with Crippen molar-refractivity contribution in [3.63, 3.8) is 0 Å². The first-order valence-electron chi connectivity index (χ1n) is 6.63. The number of fused-ring (bicyclic) bond motifs is 1. The first-order chi connectivity index (χ1) is 8.40. The van der Waals surface area contributed by atoms with E-state index < -0.39 is 0 Å². The summed E-state index contributed by atoms with van der Waals surface area (Å²) in [5.74, 6) is 0.987. The Hall–Kier alpha value is -1.35. The monoisotopic (exact) mass is 245 g/mol. The Morgan fingerprint density at radius 3 is 2.67 bits per heavy atom. The van der Waals surface area contributed by atoms with Gasteiger partial charge in [-0.15, -0.1) is 0 Å². The number of imidazole rings is 1. The molecule has 1 atom stereocenters. The molecular formula is C15H23N3. The van der Waals surface area contributed by atoms with E-state index >= 15 is 0 Å². The van der Waals surface area contributed by atoms with Crippen LogP contribution in [0.4, 0.5) is 0 Å². The second kappa shape index (κ2) is 4.73. The lowest BCUT2D eigenvalue weighted by molar-refractivity contribution is 0.315. The zero-order chi connectivity index (χ0) is 13.3. The number of aromatic nitrogens is 2. The van der Waals surface area contributed by atoms with Crippen molar-refractivity contribution in [3.8, 4) is 0 Å². The van der Waals surface area contributed by atoms with E-state index in [1.807, 2.05) is 0 Å². The van der Waals surface area contributed by atoms with Crippen LogP contribution in [0.25, 0.3) is 11.0 Å². The number of hydrogen-bond donors (Lipinski definition) is 2. The van der Waals surface area contributed by atoms with E-state index in [2.05, 4.69) is 55.9 Å². The van der Waals surface area contributed by atoms with E-state index in [1.165, 1.54) is 5.56 Å². The van der Waals surface area contributed by atoms with Crippen LogP contribution in [-0.2, 0) is 12.8 Å². The molecule has 0 fully saturated rings. The third-order valence-corrected chi connectivity index (χ3v) is 3.53. The third-order valence-electron chi connectivity index (χ3n) is 3.53. The molecule has 0 radical (unpaired) electrons. The van der Waals surface area contributed by atoms with Crippen LogP contribution in [0, 0.1) is 5.41 Å². The molecule has 2 rings (SSSR count). The third kappa shape index (κ3) is 2.72. The molecule has 3 heteroatoms. The van der Waals surface area contributed by atoms with Gasteiger partial charge >= 0.3 is 0 Å². The van der Waals surface area contributed by atoms with Crippen LogP contribution in [0.5, 0.6) is 0 Å². The van der Waals surface area contributed by atoms with Gasteiger partial charge in [-0.05, 0) is 29.5 Å². The summed E-state index contributed by atoms with van der Waals surface area (Å²) in [5.41, 5.74) is 9.78. The predicted octanol–water partition coefficient (Wildman–Crippen LogP) is 3.04. The SMILES string of the molecule is CCc1ccc2nc(CC(N)C(C)(C)C)[nH]c2c1. The first kappa shape index (κ1) is 13.1. The molecule has 98 valence electrons. The van der Waals surface area contributed by atoms with Gasteiger partial charge in [-0.1, -0.05) is 33.8 Å². The topological polar surface area (TPSA) is 54.7 Å². The molecule has 0 amide bonds. The highest BCUT2D eigenvalue weighted by Gasteiger charge is 2.21. The van der Waals surface area contributed by atoms with Crippen molar-refractivity contribution in [2.45, 2.75) is 46.6 Å². The summed E-state index contributed by atoms with van der Waals surface area (Å²) in [4.78, 5) is 7.99. The molecule has 0 aliphatic rings. The molecule has 2 aromatic rings. The molecule has 1 aromatic carbocycles. The molecule has 0 aliphatic carbocycles. The highest BCUT2D eigenvalue weighted by molar-refractivity contribution is 5.75. The fraction of sp³-hybridized carbons (Fsp3) is 0.533. The maximum Gasteiger partial charge on any atom is 0.108 e. The highest BCUT2D eigenvalue weighted by Crippen LogP contribution is 2.21. The van der Waals surface area contributed by atoms with Crippen molar-refractivity contribution >= 4 is 11.0 Å². The number of hydrogen-bond acceptors (Lipinski definition) is 2. The van der Waals surface area contributed by atoms with Gasteiger partial charge in [0.05, 0.1) is 11.0 Å². The molecule has 1 unspecified atom stereocenters. The molecule has 1 heterocycles. The van der Waals surface area contributed by atoms with Gasteiger partial charge in [0.2, 0.25) is 0 Å². The average Bonchev–Trinajstić information content (AvgIpc) is 2.68. The summed E-state index contributed by atoms with van der Waals surface area (Å²) >= 11 is 0. The van der Waals surface area contributed by atoms with E-state index in [-0.39, 0.29) is 11.5 Å². The Kier molecular flexibility index (Phi) is 3.44. The number of aryl methyl sites for hydroxylation is 1. The maximum absolute atomic E-state index is 6.20. The minimum absolute atomic E-state index is 0.105. The Balaban J connectivity index is 2.25. The quantitative estimate of drug-likeness (QED) is 0.873. The fourth-order valence-electron chi connectivity index (χ4n) is 1.94. The van der Waals surface area contributed by atoms with Gasteiger partial charge in [0.1, 0.15) is 5.82 Å². The molecule has 18 heavy (non-hydrogen) atoms. The van der Waals surface area contributed by atoms with Gasteiger partial charge in [-0.25, -0.2) is 4.98 Å². The zero-order valence-corrected chi connectivity index (χ0v) is 11.7. The van der Waals surface area contributed by atoms with E-state index in [9.17, 15) is 0 Å². The molecule has 0 bridgehead atoms. The minimum Gasteiger partial charge on any atom is -0.342 e. The van der Waals surface area contributed by atoms with Crippen molar-refractivity contribution in [2.24, 2.45) is 11.1 Å². The Bertz CT molecular complexity index is 534. The number of nitrogens with two attached hydrogens (primary N) is 1. The van der Waals surface area contributed by atoms with Crippen molar-refractivity contribution in [3.05, 3.63) is 29.6 Å². The van der Waals surface area contributed by atoms with E-state index in [0.717, 1.165) is 29.7 Å². The summed E-state index contributed by atoms with van der Waals surface area (Å²) in [5, 5.41) is 0. The van der Waals surface area contributed by atoms with Crippen LogP contribution in [0.1, 0.15) is 39.1 Å². The largest absolute Gasteiger partial charge is 0.342 e. The normalized spacial score (nSPS) is 14.1. The molecule has 3 N–H and O–H groups in total. The smallest absolute Gasteiger partial charge is 0.108 e. The van der Waals surface area contributed by atoms with Crippen molar-refractivity contribution in [2.75, 3.05) is 0 Å². The molecule has 1 aromatic heterocycles. The van der Waals surface area contributed by atoms with Crippen LogP contribution >= 0.6 is 0 Å². The molecule has 0 saturated heterocycles. The standard InChI is InChI=1S/C15H23N3/c1-5-10-6-7-11-12(8-10)18-14(17-11)9-13(16)15(2,3)4/h6-8,13H,5,9,16H2,1-4H3,(H,17,18). The van der Waals surface area contributed by atoms with Gasteiger partial charge in [0, 0.05) is 12.5 Å². The van der Waals surface area contributed by atoms with Crippen molar-refractivity contribution < 1.29 is 0 Å². The van der Waals surface area contributed by atoms with Crippen LogP contribution in [-0.4, -0.2) is 16.0 Å². The molecular weight excluding hydrogens is 222 g/mol. The predicted molar refractivity (Wildman–Crippen MR) is 76.6 cm³/mol. The second-order valence-corrected chi connectivity index (χ2v) is 6.07. The second-order valence-electron chi connectivity index (χ2n) is 6.07. The lowest BCUT2D eigenvalue weighted by atomic mass is 9.85. The summed E-state index contributed by atoms with van der Waals surface area (Å²) in [6, 6.07) is 6.51. The zero-order valence-electron chi connectivity index (χ0n) is 11.7. The number of aromatic amines is 1. The van der Waals surface area contributed by atoms with E-state index in [1.54, 1.807) is 0 Å². The average molecular weight is 245 g/mol. The summed E-state index contributed by atoms with van der Waals surface area (Å²) in [7, 11) is 0. The molecule has 0 aliphatic heterocycles. The highest BCUT2D eigenvalue weighted by atomic mass is 14.9. The van der Waals surface area contributed by atoms with Crippen molar-refractivity contribution in [1.29, 1.82) is 0 Å². The number of rotatable bonds is 3. The van der Waals surface area contributed by atoms with Gasteiger partial charge in [-0.2, -0.15) is 0 Å². The number of nitrogens with zero attached hydrogens (tertiary/aromatic N) is 1. The lowest BCUT2D eigenvalue weighted by Crippen LogP contribution is -2.37. The molecule has 0 saturated carbocycles. The van der Waals surface area contributed by atoms with Crippen LogP contribution in [0.3, 0.4) is 0 Å². The van der Waals surface area contributed by atoms with Gasteiger partial charge in [0.25, 0.3) is 0 Å². The van der Waals surface area contributed by atoms with Crippen LogP contribution < -0.4 is 5.73 Å². The Morgan fingerprint density at radius 1 is 1.33 bits per heavy atom. The Labute approximate surface area is 109 Å². The Morgan fingerprint density at radius 2 is 2.06 bits per heavy atom. The summed E-state index contributed by atoms with van der Waals surface area (Å²) < 4.78 is 0. The fourth-order valence-corrected chi connectivity index (χ4v) is 1.94. The van der Waals surface area contributed by atoms with Crippen molar-refractivity contribution in [1.82, 2.24) is 9.97 Å². The number of nitrogens with one attached hydrogen (secondary N) is 1. The van der Waals surface area contributed by atoms with Gasteiger partial charge in [-0.3, -0.25) is 0 Å². The van der Waals surface area contributed by atoms with Gasteiger partial charge < -0.3 is 10.7 Å². The van der Waals surface area contributed by atoms with Crippen LogP contribution in [0.15, 0.2) is 18.2 Å². The number of benzene rings is 1. The lowest BCUT2D eigenvalue weighted by Gasteiger charge is -2.26. The summed E-state index contributed by atoms with van der Waals surface area (Å²) in [6.45, 7) is 8.65. The van der Waals surface area contributed by atoms with Crippen LogP contribution in [0.2, 0.25) is 0 Å².